The number of nitrogens with zero attached hydrogens (tertiary/aromatic N) is 2. The maximum Gasteiger partial charge on any atom is 0.254 e. The van der Waals surface area contributed by atoms with Crippen LogP contribution < -0.4 is 14.9 Å². The average molecular weight is 397 g/mol. The molecule has 1 aliphatic rings. The lowest BCUT2D eigenvalue weighted by Crippen LogP contribution is -2.42. The minimum Gasteiger partial charge on any atom is -0.493 e. The average Bonchev–Trinajstić information content (AvgIpc) is 2.74. The Hall–Kier alpha value is -2.90. The number of amides is 1. The van der Waals surface area contributed by atoms with E-state index in [1.807, 2.05) is 35.2 Å². The van der Waals surface area contributed by atoms with Gasteiger partial charge in [-0.25, -0.2) is 5.43 Å². The van der Waals surface area contributed by atoms with Crippen molar-refractivity contribution in [2.24, 2.45) is 5.10 Å². The first-order valence-electron chi connectivity index (χ1n) is 9.62. The first-order chi connectivity index (χ1) is 14.1. The van der Waals surface area contributed by atoms with Crippen LogP contribution in [0.1, 0.15) is 16.7 Å². The van der Waals surface area contributed by atoms with E-state index in [1.165, 1.54) is 5.56 Å². The summed E-state index contributed by atoms with van der Waals surface area (Å²) in [6.45, 7) is 5.68. The van der Waals surface area contributed by atoms with Crippen molar-refractivity contribution in [3.8, 4) is 11.5 Å². The lowest BCUT2D eigenvalue weighted by Gasteiger charge is -2.25. The van der Waals surface area contributed by atoms with Crippen molar-refractivity contribution in [3.05, 3.63) is 59.2 Å². The molecule has 1 aliphatic heterocycles. The van der Waals surface area contributed by atoms with E-state index in [1.54, 1.807) is 13.3 Å². The molecule has 0 spiro atoms. The van der Waals surface area contributed by atoms with Gasteiger partial charge in [0.1, 0.15) is 6.61 Å². The van der Waals surface area contributed by atoms with Gasteiger partial charge in [-0.2, -0.15) is 5.10 Å². The molecular formula is C22H27N3O4. The summed E-state index contributed by atoms with van der Waals surface area (Å²) in [6.07, 6.45) is 1.59. The van der Waals surface area contributed by atoms with E-state index in [9.17, 15) is 4.79 Å². The second-order valence-electron chi connectivity index (χ2n) is 6.87. The van der Waals surface area contributed by atoms with Gasteiger partial charge >= 0.3 is 0 Å². The summed E-state index contributed by atoms with van der Waals surface area (Å²) in [5, 5.41) is 4.04. The van der Waals surface area contributed by atoms with Crippen LogP contribution in [0.2, 0.25) is 0 Å². The maximum atomic E-state index is 12.0. The number of benzene rings is 2. The molecule has 2 aromatic carbocycles. The van der Waals surface area contributed by atoms with Crippen LogP contribution in [0.5, 0.6) is 11.5 Å². The van der Waals surface area contributed by atoms with Gasteiger partial charge in [0, 0.05) is 13.1 Å². The zero-order valence-corrected chi connectivity index (χ0v) is 16.9. The summed E-state index contributed by atoms with van der Waals surface area (Å²) < 4.78 is 16.6. The van der Waals surface area contributed by atoms with E-state index in [0.717, 1.165) is 24.2 Å². The smallest absolute Gasteiger partial charge is 0.254 e. The second kappa shape index (κ2) is 10.6. The minimum atomic E-state index is -0.145. The zero-order valence-electron chi connectivity index (χ0n) is 16.9. The molecule has 0 bridgehead atoms. The summed E-state index contributed by atoms with van der Waals surface area (Å²) >= 11 is 0. The Morgan fingerprint density at radius 3 is 2.66 bits per heavy atom. The molecule has 29 heavy (non-hydrogen) atoms. The zero-order chi connectivity index (χ0) is 20.5. The molecule has 1 N–H and O–H groups in total. The van der Waals surface area contributed by atoms with Gasteiger partial charge in [-0.05, 0) is 36.2 Å². The molecule has 0 atom stereocenters. The van der Waals surface area contributed by atoms with E-state index in [2.05, 4.69) is 29.6 Å². The van der Waals surface area contributed by atoms with Gasteiger partial charge in [-0.15, -0.1) is 0 Å². The molecule has 0 unspecified atom stereocenters. The van der Waals surface area contributed by atoms with Crippen LogP contribution in [0, 0.1) is 6.92 Å². The Labute approximate surface area is 171 Å². The van der Waals surface area contributed by atoms with Gasteiger partial charge < -0.3 is 14.2 Å². The van der Waals surface area contributed by atoms with Crippen molar-refractivity contribution in [1.29, 1.82) is 0 Å². The van der Waals surface area contributed by atoms with Crippen molar-refractivity contribution < 1.29 is 19.0 Å². The molecule has 1 heterocycles. The fraction of sp³-hybridized carbons (Fsp3) is 0.364. The van der Waals surface area contributed by atoms with Crippen LogP contribution in [-0.4, -0.2) is 57.0 Å². The second-order valence-corrected chi connectivity index (χ2v) is 6.87. The van der Waals surface area contributed by atoms with Gasteiger partial charge in [0.25, 0.3) is 5.91 Å². The highest BCUT2D eigenvalue weighted by Crippen LogP contribution is 2.28. The molecule has 154 valence electrons. The van der Waals surface area contributed by atoms with Crippen LogP contribution in [0.15, 0.2) is 47.6 Å². The lowest BCUT2D eigenvalue weighted by molar-refractivity contribution is -0.123. The highest BCUT2D eigenvalue weighted by Gasteiger charge is 2.13. The number of hydrogen-bond donors (Lipinski definition) is 1. The number of aryl methyl sites for hydroxylation is 1. The van der Waals surface area contributed by atoms with Gasteiger partial charge in [-0.1, -0.05) is 29.8 Å². The quantitative estimate of drug-likeness (QED) is 0.547. The summed E-state index contributed by atoms with van der Waals surface area (Å²) in [4.78, 5) is 14.0. The Balaban J connectivity index is 1.52. The van der Waals surface area contributed by atoms with Crippen LogP contribution in [0.25, 0.3) is 0 Å². The van der Waals surface area contributed by atoms with Crippen LogP contribution in [0.4, 0.5) is 0 Å². The summed E-state index contributed by atoms with van der Waals surface area (Å²) in [5.74, 6) is 1.12. The summed E-state index contributed by atoms with van der Waals surface area (Å²) in [6, 6.07) is 13.7. The molecule has 0 aliphatic carbocycles. The third-order valence-corrected chi connectivity index (χ3v) is 4.58. The number of ether oxygens (including phenoxy) is 3. The third-order valence-electron chi connectivity index (χ3n) is 4.58. The van der Waals surface area contributed by atoms with Gasteiger partial charge in [0.15, 0.2) is 11.5 Å². The van der Waals surface area contributed by atoms with Crippen molar-refractivity contribution in [2.45, 2.75) is 13.5 Å². The third kappa shape index (κ3) is 6.58. The van der Waals surface area contributed by atoms with Crippen molar-refractivity contribution in [2.75, 3.05) is 40.0 Å². The fourth-order valence-corrected chi connectivity index (χ4v) is 2.91. The standard InChI is InChI=1S/C22H27N3O4/c1-17-3-5-18(6-4-17)16-29-20-8-7-19(13-21(20)27-2)14-23-24-22(26)15-25-9-11-28-12-10-25/h3-8,13-14H,9-12,15-16H2,1-2H3,(H,24,26)/b23-14+. The van der Waals surface area contributed by atoms with Crippen molar-refractivity contribution in [1.82, 2.24) is 10.3 Å². The van der Waals surface area contributed by atoms with Crippen LogP contribution >= 0.6 is 0 Å². The highest BCUT2D eigenvalue weighted by atomic mass is 16.5. The minimum absolute atomic E-state index is 0.145. The Bertz CT molecular complexity index is 830. The number of hydrazone groups is 1. The Kier molecular flexibility index (Phi) is 7.61. The van der Waals surface area contributed by atoms with E-state index < -0.39 is 0 Å². The van der Waals surface area contributed by atoms with Crippen LogP contribution in [-0.2, 0) is 16.1 Å². The molecular weight excluding hydrogens is 370 g/mol. The predicted octanol–water partition coefficient (Wildman–Crippen LogP) is 2.36. The number of methoxy groups -OCH3 is 1. The lowest BCUT2D eigenvalue weighted by atomic mass is 10.2. The first-order valence-corrected chi connectivity index (χ1v) is 9.62. The molecule has 7 nitrogen and oxygen atoms in total. The molecule has 0 aromatic heterocycles. The van der Waals surface area contributed by atoms with E-state index in [4.69, 9.17) is 14.2 Å². The fourth-order valence-electron chi connectivity index (χ4n) is 2.91. The monoisotopic (exact) mass is 397 g/mol. The largest absolute Gasteiger partial charge is 0.493 e. The SMILES string of the molecule is COc1cc(/C=N/NC(=O)CN2CCOCC2)ccc1OCc1ccc(C)cc1. The van der Waals surface area contributed by atoms with Crippen molar-refractivity contribution in [3.63, 3.8) is 0 Å². The Morgan fingerprint density at radius 1 is 1.17 bits per heavy atom. The molecule has 2 aromatic rings. The summed E-state index contributed by atoms with van der Waals surface area (Å²) in [7, 11) is 1.60. The molecule has 1 amide bonds. The Morgan fingerprint density at radius 2 is 1.93 bits per heavy atom. The van der Waals surface area contributed by atoms with Crippen LogP contribution in [0.3, 0.4) is 0 Å². The summed E-state index contributed by atoms with van der Waals surface area (Å²) in [5.41, 5.74) is 5.66. The number of carbonyl (C=O) groups excluding carboxylic acids is 1. The van der Waals surface area contributed by atoms with Gasteiger partial charge in [-0.3, -0.25) is 9.69 Å². The number of rotatable bonds is 8. The molecule has 1 saturated heterocycles. The first kappa shape index (κ1) is 20.8. The number of nitrogens with one attached hydrogen (secondary N) is 1. The molecule has 1 fully saturated rings. The van der Waals surface area contributed by atoms with Gasteiger partial charge in [0.05, 0.1) is 33.1 Å². The van der Waals surface area contributed by atoms with E-state index in [-0.39, 0.29) is 5.91 Å². The molecule has 0 saturated carbocycles. The number of carbonyl (C=O) groups is 1. The molecule has 7 heteroatoms. The van der Waals surface area contributed by atoms with E-state index in [0.29, 0.717) is 37.9 Å². The maximum absolute atomic E-state index is 12.0. The van der Waals surface area contributed by atoms with Gasteiger partial charge in [0.2, 0.25) is 0 Å². The number of morpholine rings is 1. The topological polar surface area (TPSA) is 72.4 Å². The molecule has 3 rings (SSSR count). The predicted molar refractivity (Wildman–Crippen MR) is 112 cm³/mol. The molecule has 0 radical (unpaired) electrons. The highest BCUT2D eigenvalue weighted by molar-refractivity contribution is 5.83. The number of hydrogen-bond acceptors (Lipinski definition) is 6. The van der Waals surface area contributed by atoms with E-state index >= 15 is 0 Å². The van der Waals surface area contributed by atoms with Crippen molar-refractivity contribution >= 4 is 12.1 Å². The normalized spacial score (nSPS) is 14.7.